The Labute approximate surface area is 157 Å². The van der Waals surface area contributed by atoms with E-state index >= 15 is 0 Å². The number of fused-ring (bicyclic) bond motifs is 1. The minimum Gasteiger partial charge on any atom is -0.415 e. The lowest BCUT2D eigenvalue weighted by Gasteiger charge is -2.10. The average Bonchev–Trinajstić information content (AvgIpc) is 3.21. The van der Waals surface area contributed by atoms with Crippen molar-refractivity contribution in [1.29, 1.82) is 0 Å². The fourth-order valence-corrected chi connectivity index (χ4v) is 2.81. The van der Waals surface area contributed by atoms with Crippen molar-refractivity contribution in [3.05, 3.63) is 82.0 Å². The summed E-state index contributed by atoms with van der Waals surface area (Å²) in [5, 5.41) is 8.30. The van der Waals surface area contributed by atoms with Gasteiger partial charge in [0.25, 0.3) is 11.8 Å². The maximum atomic E-state index is 12.2. The van der Waals surface area contributed by atoms with E-state index in [4.69, 9.17) is 20.9 Å². The number of imide groups is 1. The van der Waals surface area contributed by atoms with Crippen molar-refractivity contribution in [3.8, 4) is 0 Å². The number of hydroxylamine groups is 2. The number of amides is 2. The van der Waals surface area contributed by atoms with Gasteiger partial charge < -0.3 is 9.25 Å². The number of carbonyl (C=O) groups excluding carboxylic acids is 3. The van der Waals surface area contributed by atoms with Crippen LogP contribution in [0.3, 0.4) is 0 Å². The van der Waals surface area contributed by atoms with Crippen LogP contribution in [0.1, 0.15) is 42.9 Å². The Bertz CT molecular complexity index is 1040. The van der Waals surface area contributed by atoms with E-state index in [-0.39, 0.29) is 23.4 Å². The van der Waals surface area contributed by atoms with Gasteiger partial charge in [-0.3, -0.25) is 9.59 Å². The Morgan fingerprint density at radius 2 is 1.74 bits per heavy atom. The molecule has 2 amide bonds. The molecule has 2 aromatic carbocycles. The van der Waals surface area contributed by atoms with E-state index in [0.717, 1.165) is 5.56 Å². The highest BCUT2D eigenvalue weighted by Gasteiger charge is 2.39. The van der Waals surface area contributed by atoms with Crippen molar-refractivity contribution in [2.75, 3.05) is 0 Å². The Hall–Kier alpha value is -3.52. The first-order valence-electron chi connectivity index (χ1n) is 7.80. The summed E-state index contributed by atoms with van der Waals surface area (Å²) in [5.41, 5.74) is 1.12. The monoisotopic (exact) mass is 383 g/mol. The molecule has 0 aliphatic carbocycles. The summed E-state index contributed by atoms with van der Waals surface area (Å²) >= 11 is 5.92. The van der Waals surface area contributed by atoms with Gasteiger partial charge in [0.1, 0.15) is 0 Å². The third-order valence-electron chi connectivity index (χ3n) is 3.82. The summed E-state index contributed by atoms with van der Waals surface area (Å²) in [4.78, 5) is 41.4. The number of hydrogen-bond acceptors (Lipinski definition) is 7. The maximum Gasteiger partial charge on any atom is 0.421 e. The molecule has 9 heteroatoms. The van der Waals surface area contributed by atoms with Gasteiger partial charge >= 0.3 is 11.9 Å². The van der Waals surface area contributed by atoms with Gasteiger partial charge in [0, 0.05) is 5.02 Å². The van der Waals surface area contributed by atoms with E-state index in [1.165, 1.54) is 12.1 Å². The summed E-state index contributed by atoms with van der Waals surface area (Å²) in [6.45, 7) is 0. The standard InChI is InChI=1S/C18H10ClN3O5/c19-11-5-3-4-10(8-11)9-14-20-21-15(26-14)18(25)27-22-16(23)12-6-1-2-7-13(12)17(22)24/h1-8H,9H2. The molecule has 3 aromatic rings. The predicted octanol–water partition coefficient (Wildman–Crippen LogP) is 2.68. The van der Waals surface area contributed by atoms with Crippen LogP contribution in [-0.4, -0.2) is 33.0 Å². The van der Waals surface area contributed by atoms with Crippen molar-refractivity contribution in [2.45, 2.75) is 6.42 Å². The zero-order valence-corrected chi connectivity index (χ0v) is 14.3. The molecule has 4 rings (SSSR count). The molecule has 0 atom stereocenters. The number of halogens is 1. The van der Waals surface area contributed by atoms with E-state index < -0.39 is 23.7 Å². The molecule has 1 aromatic heterocycles. The summed E-state index contributed by atoms with van der Waals surface area (Å²) in [6, 6.07) is 13.2. The summed E-state index contributed by atoms with van der Waals surface area (Å²) in [6.07, 6.45) is 0.258. The van der Waals surface area contributed by atoms with Crippen LogP contribution in [0.5, 0.6) is 0 Å². The Morgan fingerprint density at radius 1 is 1.04 bits per heavy atom. The van der Waals surface area contributed by atoms with Crippen molar-refractivity contribution < 1.29 is 23.6 Å². The minimum atomic E-state index is -1.10. The SMILES string of the molecule is O=C(ON1C(=O)c2ccccc2C1=O)c1nnc(Cc2cccc(Cl)c2)o1. The summed E-state index contributed by atoms with van der Waals surface area (Å²) in [5.74, 6) is -2.88. The molecule has 0 unspecified atom stereocenters. The molecule has 0 spiro atoms. The second-order valence-corrected chi connectivity index (χ2v) is 6.07. The van der Waals surface area contributed by atoms with Gasteiger partial charge in [-0.05, 0) is 29.8 Å². The van der Waals surface area contributed by atoms with Crippen LogP contribution >= 0.6 is 11.6 Å². The highest BCUT2D eigenvalue weighted by atomic mass is 35.5. The molecule has 2 heterocycles. The first-order chi connectivity index (χ1) is 13.0. The molecule has 0 saturated carbocycles. The van der Waals surface area contributed by atoms with E-state index in [9.17, 15) is 14.4 Å². The Kier molecular flexibility index (Phi) is 4.17. The third-order valence-corrected chi connectivity index (χ3v) is 4.05. The fourth-order valence-electron chi connectivity index (χ4n) is 2.60. The minimum absolute atomic E-state index is 0.155. The summed E-state index contributed by atoms with van der Waals surface area (Å²) < 4.78 is 5.26. The molecule has 1 aliphatic rings. The second-order valence-electron chi connectivity index (χ2n) is 5.64. The lowest BCUT2D eigenvalue weighted by Crippen LogP contribution is -2.32. The molecule has 1 aliphatic heterocycles. The van der Waals surface area contributed by atoms with Crippen LogP contribution in [0, 0.1) is 0 Å². The molecular formula is C18H10ClN3O5. The van der Waals surface area contributed by atoms with Gasteiger partial charge in [-0.2, -0.15) is 0 Å². The van der Waals surface area contributed by atoms with Crippen molar-refractivity contribution in [3.63, 3.8) is 0 Å². The van der Waals surface area contributed by atoms with Crippen LogP contribution in [0.25, 0.3) is 0 Å². The fraction of sp³-hybridized carbons (Fsp3) is 0.0556. The van der Waals surface area contributed by atoms with Gasteiger partial charge in [0.2, 0.25) is 5.89 Å². The van der Waals surface area contributed by atoms with E-state index in [1.54, 1.807) is 30.3 Å². The van der Waals surface area contributed by atoms with Gasteiger partial charge in [0.15, 0.2) is 0 Å². The molecule has 27 heavy (non-hydrogen) atoms. The first-order valence-corrected chi connectivity index (χ1v) is 8.17. The molecule has 0 bridgehead atoms. The highest BCUT2D eigenvalue weighted by molar-refractivity contribution is 6.30. The average molecular weight is 384 g/mol. The van der Waals surface area contributed by atoms with Crippen molar-refractivity contribution in [1.82, 2.24) is 15.3 Å². The molecule has 0 saturated heterocycles. The first kappa shape index (κ1) is 16.9. The molecule has 0 radical (unpaired) electrons. The van der Waals surface area contributed by atoms with Gasteiger partial charge in [-0.15, -0.1) is 10.2 Å². The highest BCUT2D eigenvalue weighted by Crippen LogP contribution is 2.23. The second kappa shape index (κ2) is 6.65. The largest absolute Gasteiger partial charge is 0.421 e. The van der Waals surface area contributed by atoms with Crippen LogP contribution in [0.15, 0.2) is 52.9 Å². The Balaban J connectivity index is 1.48. The lowest BCUT2D eigenvalue weighted by molar-refractivity contribution is -0.0609. The lowest BCUT2D eigenvalue weighted by atomic mass is 10.1. The topological polar surface area (TPSA) is 103 Å². The van der Waals surface area contributed by atoms with E-state index in [0.29, 0.717) is 10.1 Å². The van der Waals surface area contributed by atoms with Gasteiger partial charge in [-0.25, -0.2) is 4.79 Å². The predicted molar refractivity (Wildman–Crippen MR) is 90.9 cm³/mol. The van der Waals surface area contributed by atoms with Crippen LogP contribution in [0.2, 0.25) is 5.02 Å². The number of rotatable bonds is 4. The number of hydrogen-bond donors (Lipinski definition) is 0. The summed E-state index contributed by atoms with van der Waals surface area (Å²) in [7, 11) is 0. The van der Waals surface area contributed by atoms with Gasteiger partial charge in [-0.1, -0.05) is 40.9 Å². The maximum absolute atomic E-state index is 12.2. The van der Waals surface area contributed by atoms with Gasteiger partial charge in [0.05, 0.1) is 17.5 Å². The van der Waals surface area contributed by atoms with Crippen LogP contribution < -0.4 is 0 Å². The number of carbonyl (C=O) groups is 3. The quantitative estimate of drug-likeness (QED) is 0.638. The van der Waals surface area contributed by atoms with E-state index in [2.05, 4.69) is 10.2 Å². The normalized spacial score (nSPS) is 13.0. The third kappa shape index (κ3) is 3.18. The Morgan fingerprint density at radius 3 is 2.41 bits per heavy atom. The van der Waals surface area contributed by atoms with Crippen LogP contribution in [-0.2, 0) is 11.3 Å². The molecule has 134 valence electrons. The number of aromatic nitrogens is 2. The molecule has 0 fully saturated rings. The smallest absolute Gasteiger partial charge is 0.415 e. The zero-order chi connectivity index (χ0) is 19.0. The zero-order valence-electron chi connectivity index (χ0n) is 13.6. The van der Waals surface area contributed by atoms with Crippen molar-refractivity contribution in [2.24, 2.45) is 0 Å². The number of nitrogens with zero attached hydrogens (tertiary/aromatic N) is 3. The molecule has 0 N–H and O–H groups in total. The van der Waals surface area contributed by atoms with Crippen molar-refractivity contribution >= 4 is 29.4 Å². The van der Waals surface area contributed by atoms with E-state index in [1.807, 2.05) is 6.07 Å². The van der Waals surface area contributed by atoms with Crippen LogP contribution in [0.4, 0.5) is 0 Å². The molecule has 8 nitrogen and oxygen atoms in total. The molecular weight excluding hydrogens is 374 g/mol. The number of benzene rings is 2.